The molecule has 0 heterocycles. The van der Waals surface area contributed by atoms with E-state index in [9.17, 15) is 17.6 Å². The number of methoxy groups -OCH3 is 1. The predicted molar refractivity (Wildman–Crippen MR) is 148 cm³/mol. The molecule has 0 aromatic heterocycles. The van der Waals surface area contributed by atoms with E-state index in [1.54, 1.807) is 0 Å². The first kappa shape index (κ1) is 32.5. The summed E-state index contributed by atoms with van der Waals surface area (Å²) in [6.07, 6.45) is 0. The molecular formula is C31H39ClF4O. The Morgan fingerprint density at radius 1 is 0.378 bits per heavy atom. The molecule has 0 radical (unpaired) electrons. The Morgan fingerprint density at radius 3 is 1.03 bits per heavy atom. The largest absolute Gasteiger partial charge is 0.493 e. The van der Waals surface area contributed by atoms with Crippen molar-refractivity contribution in [3.05, 3.63) is 95.1 Å². The van der Waals surface area contributed by atoms with Crippen LogP contribution in [0.25, 0.3) is 0 Å². The quantitative estimate of drug-likeness (QED) is 0.221. The lowest BCUT2D eigenvalue weighted by molar-refractivity contribution is 0.368. The molecule has 0 saturated heterocycles. The van der Waals surface area contributed by atoms with Gasteiger partial charge in [0.1, 0.15) is 5.82 Å². The van der Waals surface area contributed by atoms with E-state index in [0.717, 1.165) is 34.2 Å². The van der Waals surface area contributed by atoms with Gasteiger partial charge in [-0.2, -0.15) is 0 Å². The predicted octanol–water partition coefficient (Wildman–Crippen LogP) is 9.98. The smallest absolute Gasteiger partial charge is 0.171 e. The number of benzene rings is 3. The zero-order valence-electron chi connectivity index (χ0n) is 24.3. The molecule has 3 aromatic rings. The Bertz CT molecular complexity index is 1020. The molecule has 0 unspecified atom stereocenters. The second-order valence-electron chi connectivity index (χ2n) is 9.60. The SMILES string of the molecule is COc1c(C)c(F)c(F)c(C)c1F.Cc1c(C)c(C)c(Cl)c(C)c1C.Cc1c(C)c(C)c(F)c(C)c1C. The minimum Gasteiger partial charge on any atom is -0.493 e. The fraction of sp³-hybridized carbons (Fsp3) is 0.419. The van der Waals surface area contributed by atoms with Crippen LogP contribution in [0.5, 0.6) is 5.75 Å². The maximum absolute atomic E-state index is 13.4. The maximum atomic E-state index is 13.4. The average Bonchev–Trinajstić information content (AvgIpc) is 2.89. The summed E-state index contributed by atoms with van der Waals surface area (Å²) < 4.78 is 57.1. The molecule has 0 atom stereocenters. The molecule has 0 aliphatic rings. The molecule has 37 heavy (non-hydrogen) atoms. The Kier molecular flexibility index (Phi) is 11.3. The first-order valence-electron chi connectivity index (χ1n) is 12.1. The molecule has 0 aliphatic heterocycles. The molecule has 0 N–H and O–H groups in total. The van der Waals surface area contributed by atoms with E-state index in [4.69, 9.17) is 11.6 Å². The molecule has 0 amide bonds. The first-order valence-corrected chi connectivity index (χ1v) is 12.4. The zero-order chi connectivity index (χ0) is 29.1. The van der Waals surface area contributed by atoms with Gasteiger partial charge in [0, 0.05) is 16.1 Å². The van der Waals surface area contributed by atoms with Crippen molar-refractivity contribution >= 4 is 11.6 Å². The third kappa shape index (κ3) is 6.49. The molecular weight excluding hydrogens is 500 g/mol. The van der Waals surface area contributed by atoms with Gasteiger partial charge >= 0.3 is 0 Å². The normalized spacial score (nSPS) is 10.4. The minimum atomic E-state index is -1.16. The molecule has 204 valence electrons. The molecule has 1 nitrogen and oxygen atoms in total. The molecule has 0 bridgehead atoms. The summed E-state index contributed by atoms with van der Waals surface area (Å²) >= 11 is 6.16. The summed E-state index contributed by atoms with van der Waals surface area (Å²) in [5, 5.41) is 0.926. The van der Waals surface area contributed by atoms with Crippen LogP contribution in [0.4, 0.5) is 17.6 Å². The lowest BCUT2D eigenvalue weighted by atomic mass is 9.95. The van der Waals surface area contributed by atoms with Crippen LogP contribution >= 0.6 is 11.6 Å². The highest BCUT2D eigenvalue weighted by Gasteiger charge is 2.20. The van der Waals surface area contributed by atoms with E-state index < -0.39 is 17.5 Å². The van der Waals surface area contributed by atoms with Crippen LogP contribution in [-0.2, 0) is 0 Å². The molecule has 6 heteroatoms. The van der Waals surface area contributed by atoms with Gasteiger partial charge in [0.15, 0.2) is 23.2 Å². The third-order valence-electron chi connectivity index (χ3n) is 7.74. The Hall–Kier alpha value is -2.53. The molecule has 0 fully saturated rings. The van der Waals surface area contributed by atoms with E-state index >= 15 is 0 Å². The van der Waals surface area contributed by atoms with Crippen molar-refractivity contribution in [2.45, 2.75) is 83.1 Å². The van der Waals surface area contributed by atoms with Crippen molar-refractivity contribution in [1.82, 2.24) is 0 Å². The van der Waals surface area contributed by atoms with Crippen LogP contribution in [-0.4, -0.2) is 7.11 Å². The second kappa shape index (κ2) is 12.8. The highest BCUT2D eigenvalue weighted by Crippen LogP contribution is 2.30. The summed E-state index contributed by atoms with van der Waals surface area (Å²) in [6, 6.07) is 0. The van der Waals surface area contributed by atoms with Crippen LogP contribution < -0.4 is 4.74 Å². The number of halogens is 5. The Balaban J connectivity index is 0.000000278. The monoisotopic (exact) mass is 538 g/mol. The molecule has 0 saturated carbocycles. The standard InChI is InChI=1S/C11H15Cl.C11H15F.C9H9F3O/c2*1-6-7(2)9(4)11(12)10(5)8(6)3;1-4-6(10)7(11)5(2)9(13-3)8(4)12/h2*1-5H3;1-3H3. The summed E-state index contributed by atoms with van der Waals surface area (Å²) in [5.74, 6) is -3.35. The fourth-order valence-corrected chi connectivity index (χ4v) is 4.29. The Labute approximate surface area is 224 Å². The lowest BCUT2D eigenvalue weighted by Gasteiger charge is -2.13. The zero-order valence-corrected chi connectivity index (χ0v) is 25.1. The van der Waals surface area contributed by atoms with Crippen LogP contribution in [0, 0.1) is 106 Å². The van der Waals surface area contributed by atoms with E-state index in [1.807, 2.05) is 34.6 Å². The highest BCUT2D eigenvalue weighted by atomic mass is 35.5. The summed E-state index contributed by atoms with van der Waals surface area (Å²) in [7, 11) is 1.21. The molecule has 3 aromatic carbocycles. The van der Waals surface area contributed by atoms with Crippen LogP contribution in [0.15, 0.2) is 0 Å². The summed E-state index contributed by atoms with van der Waals surface area (Å²) in [5.41, 5.74) is 10.9. The Morgan fingerprint density at radius 2 is 0.676 bits per heavy atom. The number of rotatable bonds is 1. The number of ether oxygens (including phenoxy) is 1. The lowest BCUT2D eigenvalue weighted by Crippen LogP contribution is -2.02. The third-order valence-corrected chi connectivity index (χ3v) is 8.31. The van der Waals surface area contributed by atoms with Gasteiger partial charge in [-0.3, -0.25) is 0 Å². The van der Waals surface area contributed by atoms with Crippen molar-refractivity contribution in [2.24, 2.45) is 0 Å². The van der Waals surface area contributed by atoms with Gasteiger partial charge in [-0.05, 0) is 139 Å². The van der Waals surface area contributed by atoms with Gasteiger partial charge in [-0.25, -0.2) is 17.6 Å². The van der Waals surface area contributed by atoms with Gasteiger partial charge in [-0.1, -0.05) is 11.6 Å². The van der Waals surface area contributed by atoms with Gasteiger partial charge in [0.25, 0.3) is 0 Å². The van der Waals surface area contributed by atoms with Crippen molar-refractivity contribution in [3.8, 4) is 5.75 Å². The van der Waals surface area contributed by atoms with Gasteiger partial charge in [-0.15, -0.1) is 0 Å². The van der Waals surface area contributed by atoms with Crippen molar-refractivity contribution in [3.63, 3.8) is 0 Å². The van der Waals surface area contributed by atoms with Gasteiger partial charge in [0.05, 0.1) is 7.11 Å². The highest BCUT2D eigenvalue weighted by molar-refractivity contribution is 6.32. The minimum absolute atomic E-state index is 0.0457. The van der Waals surface area contributed by atoms with Crippen LogP contribution in [0.3, 0.4) is 0 Å². The van der Waals surface area contributed by atoms with Crippen LogP contribution in [0.1, 0.15) is 66.8 Å². The second-order valence-corrected chi connectivity index (χ2v) is 9.98. The number of hydrogen-bond donors (Lipinski definition) is 0. The van der Waals surface area contributed by atoms with E-state index in [-0.39, 0.29) is 22.7 Å². The van der Waals surface area contributed by atoms with E-state index in [1.165, 1.54) is 47.4 Å². The maximum Gasteiger partial charge on any atom is 0.171 e. The first-order chi connectivity index (χ1) is 16.9. The van der Waals surface area contributed by atoms with Crippen molar-refractivity contribution in [1.29, 1.82) is 0 Å². The topological polar surface area (TPSA) is 9.23 Å². The van der Waals surface area contributed by atoms with Crippen molar-refractivity contribution in [2.75, 3.05) is 7.11 Å². The summed E-state index contributed by atoms with van der Waals surface area (Å²) in [4.78, 5) is 0. The average molecular weight is 539 g/mol. The molecule has 0 aliphatic carbocycles. The molecule has 0 spiro atoms. The summed E-state index contributed by atoms with van der Waals surface area (Å²) in [6.45, 7) is 22.7. The van der Waals surface area contributed by atoms with Crippen molar-refractivity contribution < 1.29 is 22.3 Å². The van der Waals surface area contributed by atoms with Crippen LogP contribution in [0.2, 0.25) is 5.02 Å². The van der Waals surface area contributed by atoms with E-state index in [0.29, 0.717) is 0 Å². The fourth-order valence-electron chi connectivity index (χ4n) is 4.01. The van der Waals surface area contributed by atoms with E-state index in [2.05, 4.69) is 39.4 Å². The van der Waals surface area contributed by atoms with Gasteiger partial charge < -0.3 is 4.74 Å². The number of hydrogen-bond acceptors (Lipinski definition) is 1. The molecule has 3 rings (SSSR count). The van der Waals surface area contributed by atoms with Gasteiger partial charge in [0.2, 0.25) is 0 Å².